The molecular weight excluding hydrogens is 280 g/mol. The molecule has 3 aromatic rings. The molecule has 102 valence electrons. The Morgan fingerprint density at radius 3 is 2.60 bits per heavy atom. The zero-order valence-corrected chi connectivity index (χ0v) is 11.2. The summed E-state index contributed by atoms with van der Waals surface area (Å²) in [7, 11) is 0. The van der Waals surface area contributed by atoms with Crippen molar-refractivity contribution in [2.24, 2.45) is 0 Å². The minimum Gasteiger partial charge on any atom is -0.399 e. The van der Waals surface area contributed by atoms with Crippen molar-refractivity contribution in [2.75, 3.05) is 5.73 Å². The summed E-state index contributed by atoms with van der Waals surface area (Å²) >= 11 is 1.38. The molecular formula is C14H11F2N3S. The van der Waals surface area contributed by atoms with Gasteiger partial charge in [0.05, 0.1) is 11.0 Å². The Morgan fingerprint density at radius 1 is 1.10 bits per heavy atom. The van der Waals surface area contributed by atoms with Crippen LogP contribution in [0.15, 0.2) is 41.6 Å². The van der Waals surface area contributed by atoms with Gasteiger partial charge in [0.2, 0.25) is 0 Å². The third-order valence-electron chi connectivity index (χ3n) is 2.78. The molecule has 0 radical (unpaired) electrons. The molecule has 0 amide bonds. The number of nitrogen functional groups attached to an aromatic ring is 1. The number of imidazole rings is 1. The third-order valence-corrected chi connectivity index (χ3v) is 3.73. The standard InChI is InChI=1S/C14H11F2N3S/c15-9-3-8(4-10(16)5-9)7-20-14-18-12-2-1-11(17)6-13(12)19-14/h1-6H,7,17H2,(H,18,19). The van der Waals surface area contributed by atoms with Crippen molar-refractivity contribution in [1.29, 1.82) is 0 Å². The van der Waals surface area contributed by atoms with Crippen LogP contribution in [0.5, 0.6) is 0 Å². The van der Waals surface area contributed by atoms with Crippen LogP contribution in [0, 0.1) is 11.6 Å². The van der Waals surface area contributed by atoms with Gasteiger partial charge >= 0.3 is 0 Å². The maximum atomic E-state index is 13.1. The molecule has 0 bridgehead atoms. The molecule has 0 atom stereocenters. The first-order chi connectivity index (χ1) is 9.60. The van der Waals surface area contributed by atoms with E-state index in [0.717, 1.165) is 17.1 Å². The summed E-state index contributed by atoms with van der Waals surface area (Å²) in [5.41, 5.74) is 8.58. The van der Waals surface area contributed by atoms with Gasteiger partial charge in [-0.15, -0.1) is 0 Å². The second kappa shape index (κ2) is 5.13. The van der Waals surface area contributed by atoms with Crippen LogP contribution in [0.4, 0.5) is 14.5 Å². The van der Waals surface area contributed by atoms with Gasteiger partial charge in [0.15, 0.2) is 5.16 Å². The first kappa shape index (κ1) is 12.9. The van der Waals surface area contributed by atoms with Gasteiger partial charge in [0.1, 0.15) is 11.6 Å². The number of benzene rings is 2. The lowest BCUT2D eigenvalue weighted by molar-refractivity contribution is 0.581. The predicted octanol–water partition coefficient (Wildman–Crippen LogP) is 3.72. The summed E-state index contributed by atoms with van der Waals surface area (Å²) in [6, 6.07) is 8.90. The van der Waals surface area contributed by atoms with Crippen molar-refractivity contribution < 1.29 is 8.78 Å². The SMILES string of the molecule is Nc1ccc2nc(SCc3cc(F)cc(F)c3)[nH]c2c1. The Hall–Kier alpha value is -2.08. The summed E-state index contributed by atoms with van der Waals surface area (Å²) in [4.78, 5) is 7.50. The van der Waals surface area contributed by atoms with Crippen molar-refractivity contribution in [1.82, 2.24) is 9.97 Å². The highest BCUT2D eigenvalue weighted by molar-refractivity contribution is 7.98. The Labute approximate surface area is 118 Å². The number of H-pyrrole nitrogens is 1. The monoisotopic (exact) mass is 291 g/mol. The minimum absolute atomic E-state index is 0.435. The van der Waals surface area contributed by atoms with E-state index in [1.54, 1.807) is 12.1 Å². The number of nitrogens with two attached hydrogens (primary N) is 1. The van der Waals surface area contributed by atoms with E-state index in [1.165, 1.54) is 23.9 Å². The molecule has 0 saturated carbocycles. The minimum atomic E-state index is -0.571. The van der Waals surface area contributed by atoms with Crippen molar-refractivity contribution >= 4 is 28.5 Å². The van der Waals surface area contributed by atoms with E-state index in [-0.39, 0.29) is 0 Å². The Bertz CT molecular complexity index is 750. The van der Waals surface area contributed by atoms with Crippen molar-refractivity contribution in [3.05, 3.63) is 53.6 Å². The predicted molar refractivity (Wildman–Crippen MR) is 76.4 cm³/mol. The molecule has 6 heteroatoms. The van der Waals surface area contributed by atoms with Crippen LogP contribution in [0.1, 0.15) is 5.56 Å². The largest absolute Gasteiger partial charge is 0.399 e. The average Bonchev–Trinajstić information content (AvgIpc) is 2.77. The highest BCUT2D eigenvalue weighted by Crippen LogP contribution is 2.24. The number of nitrogens with zero attached hydrogens (tertiary/aromatic N) is 1. The van der Waals surface area contributed by atoms with Crippen LogP contribution in [0.3, 0.4) is 0 Å². The van der Waals surface area contributed by atoms with Gasteiger partial charge in [-0.05, 0) is 35.9 Å². The van der Waals surface area contributed by atoms with E-state index in [4.69, 9.17) is 5.73 Å². The van der Waals surface area contributed by atoms with Crippen molar-refractivity contribution in [3.63, 3.8) is 0 Å². The zero-order chi connectivity index (χ0) is 14.1. The lowest BCUT2D eigenvalue weighted by atomic mass is 10.2. The molecule has 0 fully saturated rings. The van der Waals surface area contributed by atoms with E-state index in [1.807, 2.05) is 6.07 Å². The Morgan fingerprint density at radius 2 is 1.85 bits per heavy atom. The van der Waals surface area contributed by atoms with E-state index in [0.29, 0.717) is 22.2 Å². The number of aromatic amines is 1. The highest BCUT2D eigenvalue weighted by atomic mass is 32.2. The molecule has 3 nitrogen and oxygen atoms in total. The van der Waals surface area contributed by atoms with Gasteiger partial charge in [-0.25, -0.2) is 13.8 Å². The quantitative estimate of drug-likeness (QED) is 0.571. The molecule has 0 aliphatic carbocycles. The summed E-state index contributed by atoms with van der Waals surface area (Å²) in [6.45, 7) is 0. The molecule has 0 saturated heterocycles. The lowest BCUT2D eigenvalue weighted by Gasteiger charge is -2.00. The summed E-state index contributed by atoms with van der Waals surface area (Å²) < 4.78 is 26.2. The molecule has 0 unspecified atom stereocenters. The second-order valence-electron chi connectivity index (χ2n) is 4.38. The first-order valence-corrected chi connectivity index (χ1v) is 6.92. The Balaban J connectivity index is 1.79. The smallest absolute Gasteiger partial charge is 0.166 e. The van der Waals surface area contributed by atoms with Gasteiger partial charge in [0.25, 0.3) is 0 Å². The molecule has 0 aliphatic heterocycles. The lowest BCUT2D eigenvalue weighted by Crippen LogP contribution is -1.87. The summed E-state index contributed by atoms with van der Waals surface area (Å²) in [5.74, 6) is -0.708. The van der Waals surface area contributed by atoms with Gasteiger partial charge in [-0.2, -0.15) is 0 Å². The third kappa shape index (κ3) is 2.75. The van der Waals surface area contributed by atoms with Crippen molar-refractivity contribution in [3.8, 4) is 0 Å². The van der Waals surface area contributed by atoms with Crippen LogP contribution in [0.2, 0.25) is 0 Å². The zero-order valence-electron chi connectivity index (χ0n) is 10.4. The van der Waals surface area contributed by atoms with Gasteiger partial charge in [0, 0.05) is 17.5 Å². The number of hydrogen-bond acceptors (Lipinski definition) is 3. The van der Waals surface area contributed by atoms with E-state index in [9.17, 15) is 8.78 Å². The number of anilines is 1. The number of hydrogen-bond donors (Lipinski definition) is 2. The molecule has 0 spiro atoms. The number of thioether (sulfide) groups is 1. The maximum absolute atomic E-state index is 13.1. The summed E-state index contributed by atoms with van der Waals surface area (Å²) in [6.07, 6.45) is 0. The van der Waals surface area contributed by atoms with Gasteiger partial charge in [-0.1, -0.05) is 11.8 Å². The number of aromatic nitrogens is 2. The maximum Gasteiger partial charge on any atom is 0.166 e. The van der Waals surface area contributed by atoms with Crippen LogP contribution >= 0.6 is 11.8 Å². The Kier molecular flexibility index (Phi) is 3.31. The first-order valence-electron chi connectivity index (χ1n) is 5.93. The number of halogens is 2. The van der Waals surface area contributed by atoms with Crippen LogP contribution < -0.4 is 5.73 Å². The molecule has 3 N–H and O–H groups in total. The average molecular weight is 291 g/mol. The van der Waals surface area contributed by atoms with Crippen LogP contribution in [-0.4, -0.2) is 9.97 Å². The summed E-state index contributed by atoms with van der Waals surface area (Å²) in [5, 5.41) is 0.690. The second-order valence-corrected chi connectivity index (χ2v) is 5.35. The highest BCUT2D eigenvalue weighted by Gasteiger charge is 2.06. The molecule has 2 aromatic carbocycles. The molecule has 1 heterocycles. The molecule has 0 aliphatic rings. The number of fused-ring (bicyclic) bond motifs is 1. The topological polar surface area (TPSA) is 54.7 Å². The van der Waals surface area contributed by atoms with Gasteiger partial charge in [-0.3, -0.25) is 0 Å². The fraction of sp³-hybridized carbons (Fsp3) is 0.0714. The molecule has 20 heavy (non-hydrogen) atoms. The normalized spacial score (nSPS) is 11.1. The van der Waals surface area contributed by atoms with E-state index >= 15 is 0 Å². The number of nitrogens with one attached hydrogen (secondary N) is 1. The fourth-order valence-corrected chi connectivity index (χ4v) is 2.73. The molecule has 1 aromatic heterocycles. The van der Waals surface area contributed by atoms with Crippen LogP contribution in [-0.2, 0) is 5.75 Å². The fourth-order valence-electron chi connectivity index (χ4n) is 1.92. The van der Waals surface area contributed by atoms with E-state index in [2.05, 4.69) is 9.97 Å². The number of rotatable bonds is 3. The van der Waals surface area contributed by atoms with Crippen molar-refractivity contribution in [2.45, 2.75) is 10.9 Å². The van der Waals surface area contributed by atoms with Crippen LogP contribution in [0.25, 0.3) is 11.0 Å². The molecule has 3 rings (SSSR count). The van der Waals surface area contributed by atoms with Gasteiger partial charge < -0.3 is 10.7 Å². The van der Waals surface area contributed by atoms with E-state index < -0.39 is 11.6 Å².